The summed E-state index contributed by atoms with van der Waals surface area (Å²) in [5.41, 5.74) is 2.67. The first-order valence-electron chi connectivity index (χ1n) is 6.29. The Balaban J connectivity index is 0.000000157. The van der Waals surface area contributed by atoms with Gasteiger partial charge in [0.25, 0.3) is 0 Å². The van der Waals surface area contributed by atoms with E-state index >= 15 is 0 Å². The van der Waals surface area contributed by atoms with E-state index in [4.69, 9.17) is 0 Å². The number of aliphatic imine (C=N–C) groups is 2. The van der Waals surface area contributed by atoms with E-state index in [-0.39, 0.29) is 0 Å². The lowest BCUT2D eigenvalue weighted by atomic mass is 10.5. The lowest BCUT2D eigenvalue weighted by Gasteiger charge is -1.78. The maximum atomic E-state index is 3.82. The van der Waals surface area contributed by atoms with Gasteiger partial charge in [-0.2, -0.15) is 5.10 Å². The number of allylic oxidation sites excluding steroid dienone is 6. The second-order valence-electron chi connectivity index (χ2n) is 3.44. The number of hydrogen-bond donors (Lipinski definition) is 3. The number of rotatable bonds is 0. The van der Waals surface area contributed by atoms with Crippen LogP contribution >= 0.6 is 0 Å². The van der Waals surface area contributed by atoms with Gasteiger partial charge >= 0.3 is 0 Å². The molecule has 0 aromatic rings. The first-order valence-corrected chi connectivity index (χ1v) is 6.29. The molecular weight excluding hydrogens is 264 g/mol. The van der Waals surface area contributed by atoms with Crippen LogP contribution in [0.15, 0.2) is 88.7 Å². The van der Waals surface area contributed by atoms with Gasteiger partial charge in [0.05, 0.1) is 6.34 Å². The normalized spacial score (nSPS) is 16.0. The molecule has 0 saturated carbocycles. The molecule has 0 fully saturated rings. The van der Waals surface area contributed by atoms with Crippen LogP contribution in [0.2, 0.25) is 0 Å². The van der Waals surface area contributed by atoms with E-state index in [0.717, 1.165) is 0 Å². The van der Waals surface area contributed by atoms with Crippen molar-refractivity contribution in [1.82, 2.24) is 16.1 Å². The van der Waals surface area contributed by atoms with Gasteiger partial charge in [-0.1, -0.05) is 6.08 Å². The number of nitrogens with one attached hydrogen (secondary N) is 3. The fraction of sp³-hybridized carbons (Fsp3) is 0. The Hall–Kier alpha value is -3.15. The number of nitrogens with zero attached hydrogens (tertiary/aromatic N) is 3. The summed E-state index contributed by atoms with van der Waals surface area (Å²) in [5.74, 6) is 0. The molecule has 0 aromatic heterocycles. The summed E-state index contributed by atoms with van der Waals surface area (Å²) in [4.78, 5) is 7.61. The Bertz CT molecular complexity index is 400. The molecule has 3 rings (SSSR count). The molecule has 3 aliphatic heterocycles. The molecule has 0 spiro atoms. The molecular formula is C15H18N6. The van der Waals surface area contributed by atoms with E-state index in [1.165, 1.54) is 0 Å². The smallest absolute Gasteiger partial charge is 0.0918 e. The van der Waals surface area contributed by atoms with Crippen molar-refractivity contribution in [2.75, 3.05) is 0 Å². The maximum Gasteiger partial charge on any atom is 0.0918 e. The van der Waals surface area contributed by atoms with Crippen molar-refractivity contribution < 1.29 is 0 Å². The second kappa shape index (κ2) is 13.3. The molecule has 0 atom stereocenters. The lowest BCUT2D eigenvalue weighted by Crippen LogP contribution is -1.96. The van der Waals surface area contributed by atoms with E-state index < -0.39 is 0 Å². The number of hydrazone groups is 1. The minimum atomic E-state index is 1.62. The zero-order chi connectivity index (χ0) is 14.8. The van der Waals surface area contributed by atoms with Crippen LogP contribution in [0.1, 0.15) is 0 Å². The van der Waals surface area contributed by atoms with Gasteiger partial charge in [0.15, 0.2) is 0 Å². The Kier molecular flexibility index (Phi) is 10.1. The Labute approximate surface area is 124 Å². The summed E-state index contributed by atoms with van der Waals surface area (Å²) in [6.07, 6.45) is 26.8. The predicted octanol–water partition coefficient (Wildman–Crippen LogP) is 1.94. The highest BCUT2D eigenvalue weighted by Crippen LogP contribution is 1.78. The maximum absolute atomic E-state index is 3.82. The average Bonchev–Trinajstić information content (AvgIpc) is 3.09. The minimum absolute atomic E-state index is 1.62. The molecule has 3 aliphatic rings. The summed E-state index contributed by atoms with van der Waals surface area (Å²) in [6, 6.07) is 0. The van der Waals surface area contributed by atoms with Crippen LogP contribution in [-0.4, -0.2) is 18.8 Å². The molecule has 0 saturated heterocycles. The summed E-state index contributed by atoms with van der Waals surface area (Å²) in [6.45, 7) is 0. The monoisotopic (exact) mass is 282 g/mol. The summed E-state index contributed by atoms with van der Waals surface area (Å²) < 4.78 is 0. The van der Waals surface area contributed by atoms with Crippen molar-refractivity contribution in [3.05, 3.63) is 73.7 Å². The van der Waals surface area contributed by atoms with Crippen molar-refractivity contribution in [3.63, 3.8) is 0 Å². The molecule has 21 heavy (non-hydrogen) atoms. The largest absolute Gasteiger partial charge is 0.366 e. The quantitative estimate of drug-likeness (QED) is 0.635. The topological polar surface area (TPSA) is 73.2 Å². The van der Waals surface area contributed by atoms with Gasteiger partial charge in [-0.25, -0.2) is 4.99 Å². The second-order valence-corrected chi connectivity index (χ2v) is 3.44. The molecule has 6 heteroatoms. The molecule has 3 heterocycles. The van der Waals surface area contributed by atoms with E-state index in [0.29, 0.717) is 0 Å². The van der Waals surface area contributed by atoms with E-state index in [1.54, 1.807) is 43.6 Å². The SMILES string of the molecule is C1=CC=NNC=C1.C1=CN=CNC=C1.C1=CNC=CN=C1. The average molecular weight is 282 g/mol. The zero-order valence-electron chi connectivity index (χ0n) is 11.5. The summed E-state index contributed by atoms with van der Waals surface area (Å²) in [5, 5.41) is 9.40. The van der Waals surface area contributed by atoms with Crippen LogP contribution in [0.5, 0.6) is 0 Å². The van der Waals surface area contributed by atoms with E-state index in [1.807, 2.05) is 48.9 Å². The van der Waals surface area contributed by atoms with Crippen LogP contribution < -0.4 is 16.1 Å². The third-order valence-electron chi connectivity index (χ3n) is 1.87. The van der Waals surface area contributed by atoms with Crippen molar-refractivity contribution >= 4 is 18.8 Å². The first-order chi connectivity index (χ1) is 10.5. The van der Waals surface area contributed by atoms with Gasteiger partial charge in [0, 0.05) is 49.6 Å². The zero-order valence-corrected chi connectivity index (χ0v) is 11.5. The minimum Gasteiger partial charge on any atom is -0.366 e. The Morgan fingerprint density at radius 1 is 0.571 bits per heavy atom. The fourth-order valence-corrected chi connectivity index (χ4v) is 1.02. The van der Waals surface area contributed by atoms with Crippen molar-refractivity contribution in [2.45, 2.75) is 0 Å². The standard InChI is InChI=1S/3C5H6N2/c1-2-6-4-5-7-3-1;1-2-4-7-5-6-3-1;1-2-4-6-7-5-3-1/h1-6H;1-5H,(H,6,7);1-6H. The highest BCUT2D eigenvalue weighted by molar-refractivity contribution is 5.72. The molecule has 3 N–H and O–H groups in total. The van der Waals surface area contributed by atoms with Crippen molar-refractivity contribution in [2.24, 2.45) is 15.1 Å². The molecule has 0 amide bonds. The van der Waals surface area contributed by atoms with Crippen LogP contribution in [-0.2, 0) is 0 Å². The van der Waals surface area contributed by atoms with Crippen LogP contribution in [0, 0.1) is 0 Å². The summed E-state index contributed by atoms with van der Waals surface area (Å²) in [7, 11) is 0. The van der Waals surface area contributed by atoms with Crippen molar-refractivity contribution in [1.29, 1.82) is 0 Å². The Morgan fingerprint density at radius 3 is 2.48 bits per heavy atom. The number of hydrogen-bond acceptors (Lipinski definition) is 6. The van der Waals surface area contributed by atoms with E-state index in [9.17, 15) is 0 Å². The summed E-state index contributed by atoms with van der Waals surface area (Å²) >= 11 is 0. The van der Waals surface area contributed by atoms with Gasteiger partial charge in [-0.05, 0) is 30.4 Å². The van der Waals surface area contributed by atoms with Gasteiger partial charge in [-0.15, -0.1) is 0 Å². The Morgan fingerprint density at radius 2 is 1.48 bits per heavy atom. The molecule has 108 valence electrons. The molecule has 6 nitrogen and oxygen atoms in total. The first kappa shape index (κ1) is 15.9. The lowest BCUT2D eigenvalue weighted by molar-refractivity contribution is 0.980. The van der Waals surface area contributed by atoms with Gasteiger partial charge in [0.1, 0.15) is 0 Å². The fourth-order valence-electron chi connectivity index (χ4n) is 1.02. The third-order valence-corrected chi connectivity index (χ3v) is 1.87. The van der Waals surface area contributed by atoms with Crippen LogP contribution in [0.25, 0.3) is 0 Å². The van der Waals surface area contributed by atoms with Gasteiger partial charge < -0.3 is 10.6 Å². The molecule has 0 aliphatic carbocycles. The molecule has 0 unspecified atom stereocenters. The van der Waals surface area contributed by atoms with Gasteiger partial charge in [0.2, 0.25) is 0 Å². The molecule has 0 bridgehead atoms. The van der Waals surface area contributed by atoms with Crippen LogP contribution in [0.3, 0.4) is 0 Å². The van der Waals surface area contributed by atoms with Crippen molar-refractivity contribution in [3.8, 4) is 0 Å². The van der Waals surface area contributed by atoms with E-state index in [2.05, 4.69) is 31.1 Å². The highest BCUT2D eigenvalue weighted by Gasteiger charge is 1.69. The molecule has 0 aromatic carbocycles. The third kappa shape index (κ3) is 11.7. The van der Waals surface area contributed by atoms with Gasteiger partial charge in [-0.3, -0.25) is 10.4 Å². The van der Waals surface area contributed by atoms with Crippen LogP contribution in [0.4, 0.5) is 0 Å². The molecule has 0 radical (unpaired) electrons. The predicted molar refractivity (Wildman–Crippen MR) is 89.7 cm³/mol. The highest BCUT2D eigenvalue weighted by atomic mass is 15.3.